The molecule has 1 N–H and O–H groups in total. The number of hydrogen-bond donors (Lipinski definition) is 1. The number of anilines is 1. The van der Waals surface area contributed by atoms with E-state index in [4.69, 9.17) is 26.4 Å². The van der Waals surface area contributed by atoms with Gasteiger partial charge in [-0.05, 0) is 49.8 Å². The van der Waals surface area contributed by atoms with Crippen molar-refractivity contribution in [3.05, 3.63) is 82.0 Å². The van der Waals surface area contributed by atoms with E-state index in [1.54, 1.807) is 4.68 Å². The average molecular weight is 495 g/mol. The lowest BCUT2D eigenvalue weighted by atomic mass is 9.95. The van der Waals surface area contributed by atoms with Crippen LogP contribution in [0.25, 0.3) is 0 Å². The molecular weight excluding hydrogens is 468 g/mol. The minimum atomic E-state index is -0.407. The lowest BCUT2D eigenvalue weighted by Crippen LogP contribution is -2.32. The predicted octanol–water partition coefficient (Wildman–Crippen LogP) is 6.39. The van der Waals surface area contributed by atoms with Gasteiger partial charge in [0.2, 0.25) is 11.1 Å². The lowest BCUT2D eigenvalue weighted by molar-refractivity contribution is -0.146. The molecule has 0 amide bonds. The van der Waals surface area contributed by atoms with Gasteiger partial charge in [0.15, 0.2) is 0 Å². The molecule has 1 aliphatic carbocycles. The summed E-state index contributed by atoms with van der Waals surface area (Å²) in [6.45, 7) is 1.90. The van der Waals surface area contributed by atoms with Crippen LogP contribution >= 0.6 is 23.4 Å². The number of carbonyl (C=O) groups excluding carboxylic acids is 1. The number of allylic oxidation sites excluding steroid dienone is 1. The fourth-order valence-corrected chi connectivity index (χ4v) is 5.67. The highest BCUT2D eigenvalue weighted by atomic mass is 35.5. The zero-order chi connectivity index (χ0) is 23.5. The molecule has 0 radical (unpaired) electrons. The summed E-state index contributed by atoms with van der Waals surface area (Å²) in [5.74, 6) is 0.988. The standard InChI is InChI=1S/C26H27ClN4O2S/c1-17-22(24(32)33-20-13-6-3-7-14-20)23(18-10-4-2-5-11-18)31-25(28-17)29-26(30-31)34-16-19-12-8-9-15-21(19)27/h2,4-5,8-12,15,20,23H,3,6-7,13-14,16H2,1H3,(H,28,29,30). The van der Waals surface area contributed by atoms with Crippen LogP contribution in [-0.4, -0.2) is 26.8 Å². The molecule has 34 heavy (non-hydrogen) atoms. The van der Waals surface area contributed by atoms with Gasteiger partial charge in [-0.25, -0.2) is 9.48 Å². The molecule has 1 unspecified atom stereocenters. The van der Waals surface area contributed by atoms with Gasteiger partial charge in [0.05, 0.1) is 5.57 Å². The van der Waals surface area contributed by atoms with Gasteiger partial charge in [-0.15, -0.1) is 5.10 Å². The number of ether oxygens (including phenoxy) is 1. The van der Waals surface area contributed by atoms with E-state index >= 15 is 0 Å². The van der Waals surface area contributed by atoms with Gasteiger partial charge in [-0.1, -0.05) is 78.3 Å². The van der Waals surface area contributed by atoms with E-state index in [1.165, 1.54) is 18.2 Å². The van der Waals surface area contributed by atoms with Crippen LogP contribution < -0.4 is 5.32 Å². The highest BCUT2D eigenvalue weighted by molar-refractivity contribution is 7.98. The quantitative estimate of drug-likeness (QED) is 0.316. The number of rotatable bonds is 6. The first-order valence-corrected chi connectivity index (χ1v) is 13.0. The van der Waals surface area contributed by atoms with E-state index in [0.29, 0.717) is 22.4 Å². The molecule has 5 rings (SSSR count). The van der Waals surface area contributed by atoms with Crippen molar-refractivity contribution in [1.82, 2.24) is 14.8 Å². The van der Waals surface area contributed by atoms with E-state index in [0.717, 1.165) is 47.5 Å². The van der Waals surface area contributed by atoms with Crippen LogP contribution in [0.1, 0.15) is 56.2 Å². The second-order valence-electron chi connectivity index (χ2n) is 8.68. The molecule has 1 fully saturated rings. The Kier molecular flexibility index (Phi) is 6.92. The fraction of sp³-hybridized carbons (Fsp3) is 0.346. The Hall–Kier alpha value is -2.77. The minimum Gasteiger partial charge on any atom is -0.459 e. The lowest BCUT2D eigenvalue weighted by Gasteiger charge is -2.30. The summed E-state index contributed by atoms with van der Waals surface area (Å²) in [5.41, 5.74) is 3.32. The van der Waals surface area contributed by atoms with Gasteiger partial charge in [0, 0.05) is 16.5 Å². The molecule has 2 aliphatic rings. The smallest absolute Gasteiger partial charge is 0.338 e. The van der Waals surface area contributed by atoms with Crippen molar-refractivity contribution in [2.24, 2.45) is 0 Å². The second kappa shape index (κ2) is 10.2. The molecule has 0 spiro atoms. The Morgan fingerprint density at radius 2 is 1.85 bits per heavy atom. The third-order valence-electron chi connectivity index (χ3n) is 6.31. The number of nitrogens with zero attached hydrogens (tertiary/aromatic N) is 3. The first-order valence-electron chi connectivity index (χ1n) is 11.7. The van der Waals surface area contributed by atoms with Crippen molar-refractivity contribution in [3.8, 4) is 0 Å². The number of aromatic nitrogens is 3. The molecular formula is C26H27ClN4O2S. The summed E-state index contributed by atoms with van der Waals surface area (Å²) in [7, 11) is 0. The number of halogens is 1. The zero-order valence-corrected chi connectivity index (χ0v) is 20.6. The van der Waals surface area contributed by atoms with Crippen LogP contribution in [0.3, 0.4) is 0 Å². The first-order chi connectivity index (χ1) is 16.6. The number of thioether (sulfide) groups is 1. The van der Waals surface area contributed by atoms with E-state index < -0.39 is 6.04 Å². The highest BCUT2D eigenvalue weighted by Gasteiger charge is 2.36. The number of nitrogens with one attached hydrogen (secondary N) is 1. The van der Waals surface area contributed by atoms with Crippen molar-refractivity contribution < 1.29 is 9.53 Å². The molecule has 3 aromatic rings. The van der Waals surface area contributed by atoms with Crippen LogP contribution in [0.15, 0.2) is 71.0 Å². The average Bonchev–Trinajstić information content (AvgIpc) is 3.26. The topological polar surface area (TPSA) is 69.0 Å². The number of carbonyl (C=O) groups is 1. The summed E-state index contributed by atoms with van der Waals surface area (Å²) in [6, 6.07) is 17.3. The molecule has 1 atom stereocenters. The van der Waals surface area contributed by atoms with Crippen molar-refractivity contribution in [2.45, 2.75) is 62.1 Å². The maximum absolute atomic E-state index is 13.4. The van der Waals surface area contributed by atoms with E-state index in [9.17, 15) is 4.79 Å². The van der Waals surface area contributed by atoms with Gasteiger partial charge in [0.1, 0.15) is 12.1 Å². The molecule has 1 aliphatic heterocycles. The summed E-state index contributed by atoms with van der Waals surface area (Å²) in [4.78, 5) is 18.1. The molecule has 0 saturated heterocycles. The van der Waals surface area contributed by atoms with Gasteiger partial charge in [-0.3, -0.25) is 0 Å². The Morgan fingerprint density at radius 3 is 2.62 bits per heavy atom. The van der Waals surface area contributed by atoms with Gasteiger partial charge < -0.3 is 10.1 Å². The van der Waals surface area contributed by atoms with Crippen molar-refractivity contribution in [3.63, 3.8) is 0 Å². The Labute approximate surface area is 208 Å². The van der Waals surface area contributed by atoms with Gasteiger partial charge in [0.25, 0.3) is 0 Å². The Morgan fingerprint density at radius 1 is 1.12 bits per heavy atom. The SMILES string of the molecule is CC1=C(C(=O)OC2CCCCC2)C(c2ccccc2)n2nc(SCc3ccccc3Cl)nc2N1. The van der Waals surface area contributed by atoms with E-state index in [-0.39, 0.29) is 12.1 Å². The Balaban J connectivity index is 1.44. The molecule has 0 bridgehead atoms. The summed E-state index contributed by atoms with van der Waals surface area (Å²) < 4.78 is 7.78. The number of hydrogen-bond acceptors (Lipinski definition) is 6. The Bertz CT molecular complexity index is 1200. The van der Waals surface area contributed by atoms with E-state index in [1.807, 2.05) is 61.5 Å². The molecule has 1 saturated carbocycles. The third kappa shape index (κ3) is 4.86. The maximum Gasteiger partial charge on any atom is 0.338 e. The molecule has 176 valence electrons. The third-order valence-corrected chi connectivity index (χ3v) is 7.56. The zero-order valence-electron chi connectivity index (χ0n) is 19.0. The van der Waals surface area contributed by atoms with Crippen LogP contribution in [0.2, 0.25) is 5.02 Å². The maximum atomic E-state index is 13.4. The number of fused-ring (bicyclic) bond motifs is 1. The summed E-state index contributed by atoms with van der Waals surface area (Å²) in [6.07, 6.45) is 5.26. The van der Waals surface area contributed by atoms with Gasteiger partial charge >= 0.3 is 5.97 Å². The summed E-state index contributed by atoms with van der Waals surface area (Å²) >= 11 is 7.83. The number of esters is 1. The second-order valence-corrected chi connectivity index (χ2v) is 10.0. The first kappa shape index (κ1) is 23.0. The molecule has 6 nitrogen and oxygen atoms in total. The normalized spacial score (nSPS) is 18.4. The molecule has 8 heteroatoms. The monoisotopic (exact) mass is 494 g/mol. The van der Waals surface area contributed by atoms with Crippen LogP contribution in [0.4, 0.5) is 5.95 Å². The summed E-state index contributed by atoms with van der Waals surface area (Å²) in [5, 5.41) is 9.42. The van der Waals surface area contributed by atoms with Crippen molar-refractivity contribution in [1.29, 1.82) is 0 Å². The molecule has 2 heterocycles. The fourth-order valence-electron chi connectivity index (χ4n) is 4.56. The minimum absolute atomic E-state index is 0.0168. The predicted molar refractivity (Wildman–Crippen MR) is 135 cm³/mol. The van der Waals surface area contributed by atoms with Crippen LogP contribution in [0, 0.1) is 0 Å². The molecule has 1 aromatic heterocycles. The largest absolute Gasteiger partial charge is 0.459 e. The molecule has 2 aromatic carbocycles. The van der Waals surface area contributed by atoms with Crippen LogP contribution in [-0.2, 0) is 15.3 Å². The van der Waals surface area contributed by atoms with Crippen molar-refractivity contribution >= 4 is 35.3 Å². The van der Waals surface area contributed by atoms with E-state index in [2.05, 4.69) is 5.32 Å². The van der Waals surface area contributed by atoms with Crippen LogP contribution in [0.5, 0.6) is 0 Å². The highest BCUT2D eigenvalue weighted by Crippen LogP contribution is 2.38. The van der Waals surface area contributed by atoms with Crippen molar-refractivity contribution in [2.75, 3.05) is 5.32 Å². The number of benzene rings is 2. The van der Waals surface area contributed by atoms with Gasteiger partial charge in [-0.2, -0.15) is 4.98 Å².